The van der Waals surface area contributed by atoms with E-state index in [2.05, 4.69) is 5.43 Å². The van der Waals surface area contributed by atoms with Crippen molar-refractivity contribution in [3.8, 4) is 0 Å². The lowest BCUT2D eigenvalue weighted by Gasteiger charge is -2.26. The molecular weight excluding hydrogens is 280 g/mol. The highest BCUT2D eigenvalue weighted by molar-refractivity contribution is 5.95. The number of para-hydroxylation sites is 2. The van der Waals surface area contributed by atoms with Crippen molar-refractivity contribution in [3.05, 3.63) is 59.7 Å². The van der Waals surface area contributed by atoms with Crippen LogP contribution in [-0.4, -0.2) is 17.0 Å². The van der Waals surface area contributed by atoms with Crippen molar-refractivity contribution < 1.29 is 14.7 Å². The third-order valence-corrected chi connectivity index (χ3v) is 3.68. The number of carboxylic acid groups (broad SMARTS) is 1. The van der Waals surface area contributed by atoms with E-state index in [-0.39, 0.29) is 0 Å². The van der Waals surface area contributed by atoms with Gasteiger partial charge < -0.3 is 5.11 Å². The van der Waals surface area contributed by atoms with Gasteiger partial charge >= 0.3 is 5.97 Å². The monoisotopic (exact) mass is 296 g/mol. The van der Waals surface area contributed by atoms with E-state index in [0.717, 1.165) is 35.3 Å². The Balaban J connectivity index is 2.02. The molecule has 2 aromatic carbocycles. The SMILES string of the molecule is O=C(O)CC(=O)NN1c2ccccc2CCc2ccccc21. The van der Waals surface area contributed by atoms with E-state index in [0.29, 0.717) is 0 Å². The van der Waals surface area contributed by atoms with Crippen LogP contribution in [0.1, 0.15) is 17.5 Å². The van der Waals surface area contributed by atoms with Crippen LogP contribution in [0.15, 0.2) is 48.5 Å². The van der Waals surface area contributed by atoms with E-state index in [9.17, 15) is 9.59 Å². The molecule has 0 radical (unpaired) electrons. The van der Waals surface area contributed by atoms with Crippen LogP contribution in [0.3, 0.4) is 0 Å². The molecule has 0 saturated heterocycles. The predicted octanol–water partition coefficient (Wildman–Crippen LogP) is 2.43. The zero-order valence-corrected chi connectivity index (χ0v) is 12.0. The molecule has 0 spiro atoms. The molecule has 1 aliphatic heterocycles. The van der Waals surface area contributed by atoms with Gasteiger partial charge in [0.15, 0.2) is 0 Å². The molecule has 0 aliphatic carbocycles. The first kappa shape index (κ1) is 14.1. The van der Waals surface area contributed by atoms with Gasteiger partial charge in [-0.15, -0.1) is 0 Å². The van der Waals surface area contributed by atoms with Crippen molar-refractivity contribution in [2.75, 3.05) is 5.01 Å². The molecule has 0 unspecified atom stereocenters. The Morgan fingerprint density at radius 1 is 0.955 bits per heavy atom. The van der Waals surface area contributed by atoms with E-state index in [1.807, 2.05) is 48.5 Å². The van der Waals surface area contributed by atoms with Gasteiger partial charge in [-0.2, -0.15) is 0 Å². The minimum Gasteiger partial charge on any atom is -0.481 e. The Morgan fingerprint density at radius 2 is 1.45 bits per heavy atom. The van der Waals surface area contributed by atoms with E-state index in [1.165, 1.54) is 0 Å². The van der Waals surface area contributed by atoms with Crippen LogP contribution in [0, 0.1) is 0 Å². The summed E-state index contributed by atoms with van der Waals surface area (Å²) < 4.78 is 0. The van der Waals surface area contributed by atoms with Crippen LogP contribution < -0.4 is 10.4 Å². The maximum absolute atomic E-state index is 11.9. The first-order chi connectivity index (χ1) is 10.6. The number of amides is 1. The van der Waals surface area contributed by atoms with Crippen molar-refractivity contribution in [2.45, 2.75) is 19.3 Å². The lowest BCUT2D eigenvalue weighted by molar-refractivity contribution is -0.140. The van der Waals surface area contributed by atoms with Gasteiger partial charge in [0.1, 0.15) is 6.42 Å². The second-order valence-electron chi connectivity index (χ2n) is 5.20. The number of hydrogen-bond acceptors (Lipinski definition) is 3. The third kappa shape index (κ3) is 2.79. The van der Waals surface area contributed by atoms with Gasteiger partial charge in [-0.05, 0) is 36.1 Å². The topological polar surface area (TPSA) is 69.6 Å². The van der Waals surface area contributed by atoms with Crippen molar-refractivity contribution >= 4 is 23.3 Å². The molecule has 5 nitrogen and oxygen atoms in total. The van der Waals surface area contributed by atoms with Crippen molar-refractivity contribution in [1.29, 1.82) is 0 Å². The number of anilines is 2. The fourth-order valence-electron chi connectivity index (χ4n) is 2.70. The highest BCUT2D eigenvalue weighted by Gasteiger charge is 2.22. The average Bonchev–Trinajstić information content (AvgIpc) is 2.65. The minimum absolute atomic E-state index is 0.543. The molecule has 0 bridgehead atoms. The Bertz CT molecular complexity index is 680. The number of aryl methyl sites for hydroxylation is 2. The van der Waals surface area contributed by atoms with E-state index in [1.54, 1.807) is 5.01 Å². The van der Waals surface area contributed by atoms with Gasteiger partial charge in [0.25, 0.3) is 0 Å². The summed E-state index contributed by atoms with van der Waals surface area (Å²) >= 11 is 0. The summed E-state index contributed by atoms with van der Waals surface area (Å²) in [7, 11) is 0. The van der Waals surface area contributed by atoms with Crippen molar-refractivity contribution in [2.24, 2.45) is 0 Å². The summed E-state index contributed by atoms with van der Waals surface area (Å²) in [5.74, 6) is -1.69. The summed E-state index contributed by atoms with van der Waals surface area (Å²) in [4.78, 5) is 22.7. The van der Waals surface area contributed by atoms with Gasteiger partial charge in [-0.1, -0.05) is 36.4 Å². The molecule has 0 fully saturated rings. The molecule has 5 heteroatoms. The van der Waals surface area contributed by atoms with Crippen LogP contribution in [0.2, 0.25) is 0 Å². The Labute approximate surface area is 128 Å². The van der Waals surface area contributed by atoms with Gasteiger partial charge in [0.2, 0.25) is 5.91 Å². The number of hydrazine groups is 1. The molecule has 0 aromatic heterocycles. The number of benzene rings is 2. The second-order valence-corrected chi connectivity index (χ2v) is 5.20. The molecule has 2 aromatic rings. The maximum atomic E-state index is 11.9. The number of rotatable bonds is 3. The van der Waals surface area contributed by atoms with Gasteiger partial charge in [0.05, 0.1) is 11.4 Å². The summed E-state index contributed by atoms with van der Waals surface area (Å²) in [6.07, 6.45) is 1.19. The quantitative estimate of drug-likeness (QED) is 0.854. The van der Waals surface area contributed by atoms with Crippen LogP contribution in [-0.2, 0) is 22.4 Å². The number of carbonyl (C=O) groups is 2. The first-order valence-corrected chi connectivity index (χ1v) is 7.12. The smallest absolute Gasteiger partial charge is 0.312 e. The summed E-state index contributed by atoms with van der Waals surface area (Å²) in [6, 6.07) is 15.6. The number of carboxylic acids is 1. The van der Waals surface area contributed by atoms with E-state index in [4.69, 9.17) is 5.11 Å². The summed E-state index contributed by atoms with van der Waals surface area (Å²) in [6.45, 7) is 0. The van der Waals surface area contributed by atoms with Crippen LogP contribution in [0.25, 0.3) is 0 Å². The van der Waals surface area contributed by atoms with E-state index >= 15 is 0 Å². The van der Waals surface area contributed by atoms with Gasteiger partial charge in [-0.3, -0.25) is 20.0 Å². The molecule has 1 heterocycles. The molecule has 112 valence electrons. The fraction of sp³-hybridized carbons (Fsp3) is 0.176. The molecule has 22 heavy (non-hydrogen) atoms. The number of fused-ring (bicyclic) bond motifs is 2. The Hall–Kier alpha value is -2.82. The fourth-order valence-corrected chi connectivity index (χ4v) is 2.70. The van der Waals surface area contributed by atoms with Crippen LogP contribution >= 0.6 is 0 Å². The standard InChI is InChI=1S/C17H16N2O3/c20-16(11-17(21)22)18-19-14-7-3-1-5-12(14)9-10-13-6-2-4-8-15(13)19/h1-8H,9-11H2,(H,18,20)(H,21,22). The molecule has 1 amide bonds. The van der Waals surface area contributed by atoms with Gasteiger partial charge in [0, 0.05) is 0 Å². The lowest BCUT2D eigenvalue weighted by atomic mass is 10.0. The molecule has 3 rings (SSSR count). The molecule has 2 N–H and O–H groups in total. The Morgan fingerprint density at radius 3 is 1.95 bits per heavy atom. The summed E-state index contributed by atoms with van der Waals surface area (Å²) in [5, 5.41) is 10.5. The summed E-state index contributed by atoms with van der Waals surface area (Å²) in [5.41, 5.74) is 6.72. The largest absolute Gasteiger partial charge is 0.481 e. The number of carbonyl (C=O) groups excluding carboxylic acids is 1. The first-order valence-electron chi connectivity index (χ1n) is 7.12. The van der Waals surface area contributed by atoms with E-state index < -0.39 is 18.3 Å². The molecule has 0 saturated carbocycles. The minimum atomic E-state index is -1.14. The average molecular weight is 296 g/mol. The van der Waals surface area contributed by atoms with Crippen LogP contribution in [0.5, 0.6) is 0 Å². The van der Waals surface area contributed by atoms with Crippen LogP contribution in [0.4, 0.5) is 11.4 Å². The maximum Gasteiger partial charge on any atom is 0.312 e. The van der Waals surface area contributed by atoms with Gasteiger partial charge in [-0.25, -0.2) is 0 Å². The highest BCUT2D eigenvalue weighted by Crippen LogP contribution is 2.34. The lowest BCUT2D eigenvalue weighted by Crippen LogP contribution is -2.40. The molecule has 0 atom stereocenters. The second kappa shape index (κ2) is 5.89. The predicted molar refractivity (Wildman–Crippen MR) is 82.8 cm³/mol. The number of nitrogens with zero attached hydrogens (tertiary/aromatic N) is 1. The third-order valence-electron chi connectivity index (χ3n) is 3.68. The molecular formula is C17H16N2O3. The van der Waals surface area contributed by atoms with Crippen molar-refractivity contribution in [1.82, 2.24) is 5.43 Å². The van der Waals surface area contributed by atoms with Crippen molar-refractivity contribution in [3.63, 3.8) is 0 Å². The zero-order valence-electron chi connectivity index (χ0n) is 12.0. The highest BCUT2D eigenvalue weighted by atomic mass is 16.4. The number of hydrogen-bond donors (Lipinski definition) is 2. The zero-order chi connectivity index (χ0) is 15.5. The number of nitrogens with one attached hydrogen (secondary N) is 1. The Kier molecular flexibility index (Phi) is 3.78. The molecule has 1 aliphatic rings. The number of aliphatic carboxylic acids is 1. The normalized spacial score (nSPS) is 12.8.